The quantitative estimate of drug-likeness (QED) is 0.289. The zero-order chi connectivity index (χ0) is 25.7. The Hall–Kier alpha value is -4.46. The fourth-order valence-electron chi connectivity index (χ4n) is 3.94. The Morgan fingerprint density at radius 1 is 1.00 bits per heavy atom. The van der Waals surface area contributed by atoms with E-state index in [0.29, 0.717) is 29.1 Å². The Bertz CT molecular complexity index is 1330. The molecule has 1 amide bonds. The first-order valence-electron chi connectivity index (χ1n) is 11.7. The first kappa shape index (κ1) is 24.7. The van der Waals surface area contributed by atoms with Gasteiger partial charge in [-0.05, 0) is 43.5 Å². The number of benzene rings is 2. The number of carboxylic acid groups (broad SMARTS) is 1. The predicted molar refractivity (Wildman–Crippen MR) is 136 cm³/mol. The number of carbonyl (C=O) groups excluding carboxylic acids is 1. The van der Waals surface area contributed by atoms with E-state index in [0.717, 1.165) is 22.4 Å². The summed E-state index contributed by atoms with van der Waals surface area (Å²) in [7, 11) is 0. The van der Waals surface area contributed by atoms with E-state index in [1.54, 1.807) is 20.0 Å². The van der Waals surface area contributed by atoms with Crippen molar-refractivity contribution < 1.29 is 24.0 Å². The van der Waals surface area contributed by atoms with E-state index >= 15 is 0 Å². The zero-order valence-electron chi connectivity index (χ0n) is 20.3. The number of hydrogen-bond acceptors (Lipinski definition) is 6. The number of carbonyl (C=O) groups is 2. The zero-order valence-corrected chi connectivity index (χ0v) is 20.3. The van der Waals surface area contributed by atoms with Gasteiger partial charge >= 0.3 is 12.1 Å². The molecule has 184 valence electrons. The Balaban J connectivity index is 1.48. The number of anilines is 1. The molecule has 0 bridgehead atoms. The molecule has 0 aliphatic heterocycles. The van der Waals surface area contributed by atoms with Crippen LogP contribution in [0.3, 0.4) is 0 Å². The molecule has 2 aromatic carbocycles. The third-order valence-corrected chi connectivity index (χ3v) is 5.98. The summed E-state index contributed by atoms with van der Waals surface area (Å²) < 4.78 is 11.0. The van der Waals surface area contributed by atoms with Gasteiger partial charge in [0.25, 0.3) is 0 Å². The average molecular weight is 486 g/mol. The van der Waals surface area contributed by atoms with Crippen molar-refractivity contribution in [1.29, 1.82) is 0 Å². The van der Waals surface area contributed by atoms with E-state index in [1.165, 1.54) is 0 Å². The number of rotatable bonds is 8. The molecule has 8 heteroatoms. The molecule has 2 aromatic heterocycles. The van der Waals surface area contributed by atoms with Gasteiger partial charge in [0.15, 0.2) is 5.76 Å². The fraction of sp³-hybridized carbons (Fsp3) is 0.214. The molecule has 0 saturated carbocycles. The van der Waals surface area contributed by atoms with Crippen LogP contribution in [0.25, 0.3) is 22.6 Å². The summed E-state index contributed by atoms with van der Waals surface area (Å²) in [5, 5.41) is 16.1. The first-order chi connectivity index (χ1) is 17.4. The minimum absolute atomic E-state index is 0.374. The molecule has 0 fully saturated rings. The van der Waals surface area contributed by atoms with Crippen LogP contribution in [0.2, 0.25) is 0 Å². The second-order valence-corrected chi connectivity index (χ2v) is 8.41. The van der Waals surface area contributed by atoms with E-state index in [-0.39, 0.29) is 0 Å². The van der Waals surface area contributed by atoms with Crippen molar-refractivity contribution in [2.24, 2.45) is 0 Å². The molecule has 36 heavy (non-hydrogen) atoms. The molecule has 0 spiro atoms. The fourth-order valence-corrected chi connectivity index (χ4v) is 3.94. The Morgan fingerprint density at radius 3 is 2.31 bits per heavy atom. The SMILES string of the molecule is CCC(C(=O)O)c1ccc(-c2ccc(-c3onc(C)c3NC(=O)OC(C)c3ccccc3)cn2)cc1. The highest BCUT2D eigenvalue weighted by Crippen LogP contribution is 2.32. The van der Waals surface area contributed by atoms with Crippen LogP contribution in [0.5, 0.6) is 0 Å². The highest BCUT2D eigenvalue weighted by molar-refractivity contribution is 5.90. The Labute approximate surface area is 208 Å². The number of nitrogens with one attached hydrogen (secondary N) is 1. The van der Waals surface area contributed by atoms with Gasteiger partial charge in [0.2, 0.25) is 0 Å². The van der Waals surface area contributed by atoms with E-state index in [9.17, 15) is 14.7 Å². The molecule has 2 N–H and O–H groups in total. The van der Waals surface area contributed by atoms with Crippen molar-refractivity contribution in [2.45, 2.75) is 39.2 Å². The predicted octanol–water partition coefficient (Wildman–Crippen LogP) is 6.60. The second-order valence-electron chi connectivity index (χ2n) is 8.41. The minimum atomic E-state index is -0.835. The number of aliphatic carboxylic acids is 1. The van der Waals surface area contributed by atoms with Crippen LogP contribution in [0.1, 0.15) is 49.1 Å². The summed E-state index contributed by atoms with van der Waals surface area (Å²) in [5.74, 6) is -0.992. The van der Waals surface area contributed by atoms with Crippen LogP contribution >= 0.6 is 0 Å². The lowest BCUT2D eigenvalue weighted by Gasteiger charge is -2.14. The molecule has 2 unspecified atom stereocenters. The van der Waals surface area contributed by atoms with Crippen molar-refractivity contribution in [3.63, 3.8) is 0 Å². The second kappa shape index (κ2) is 10.9. The van der Waals surface area contributed by atoms with Crippen LogP contribution in [0.15, 0.2) is 77.4 Å². The number of carboxylic acids is 1. The summed E-state index contributed by atoms with van der Waals surface area (Å²) in [6, 6.07) is 20.5. The number of pyridine rings is 1. The molecule has 0 aliphatic carbocycles. The lowest BCUT2D eigenvalue weighted by molar-refractivity contribution is -0.138. The molecule has 2 atom stereocenters. The Kier molecular flexibility index (Phi) is 7.44. The van der Waals surface area contributed by atoms with Crippen molar-refractivity contribution in [3.8, 4) is 22.6 Å². The lowest BCUT2D eigenvalue weighted by Crippen LogP contribution is -2.16. The van der Waals surface area contributed by atoms with Crippen molar-refractivity contribution in [3.05, 3.63) is 89.7 Å². The third-order valence-electron chi connectivity index (χ3n) is 5.98. The molecule has 4 aromatic rings. The van der Waals surface area contributed by atoms with Gasteiger partial charge in [-0.3, -0.25) is 15.1 Å². The van der Waals surface area contributed by atoms with Gasteiger partial charge in [0.1, 0.15) is 17.5 Å². The van der Waals surface area contributed by atoms with E-state index < -0.39 is 24.1 Å². The number of ether oxygens (including phenoxy) is 1. The summed E-state index contributed by atoms with van der Waals surface area (Å²) in [6.45, 7) is 5.38. The highest BCUT2D eigenvalue weighted by atomic mass is 16.6. The number of nitrogens with zero attached hydrogens (tertiary/aromatic N) is 2. The lowest BCUT2D eigenvalue weighted by atomic mass is 9.95. The monoisotopic (exact) mass is 485 g/mol. The van der Waals surface area contributed by atoms with Crippen molar-refractivity contribution >= 4 is 17.7 Å². The summed E-state index contributed by atoms with van der Waals surface area (Å²) in [6.07, 6.45) is 1.12. The van der Waals surface area contributed by atoms with E-state index in [1.807, 2.05) is 73.7 Å². The molecule has 4 rings (SSSR count). The van der Waals surface area contributed by atoms with Gasteiger partial charge in [0.05, 0.1) is 11.6 Å². The van der Waals surface area contributed by atoms with E-state index in [4.69, 9.17) is 9.26 Å². The highest BCUT2D eigenvalue weighted by Gasteiger charge is 2.21. The molecule has 8 nitrogen and oxygen atoms in total. The average Bonchev–Trinajstić information content (AvgIpc) is 3.25. The Morgan fingerprint density at radius 2 is 1.69 bits per heavy atom. The molecule has 0 aliphatic rings. The van der Waals surface area contributed by atoms with Crippen molar-refractivity contribution in [2.75, 3.05) is 5.32 Å². The maximum atomic E-state index is 12.6. The minimum Gasteiger partial charge on any atom is -0.481 e. The standard InChI is InChI=1S/C28H27N3O5/c1-4-23(27(32)33)20-10-12-21(13-11-20)24-15-14-22(16-29-24)26-25(17(2)31-36-26)30-28(34)35-18(3)19-8-6-5-7-9-19/h5-16,18,23H,4H2,1-3H3,(H,30,34)(H,32,33). The largest absolute Gasteiger partial charge is 0.481 e. The molecule has 2 heterocycles. The van der Waals surface area contributed by atoms with Gasteiger partial charge in [-0.25, -0.2) is 4.79 Å². The normalized spacial score (nSPS) is 12.5. The van der Waals surface area contributed by atoms with Crippen LogP contribution in [-0.2, 0) is 9.53 Å². The molecule has 0 radical (unpaired) electrons. The van der Waals surface area contributed by atoms with Gasteiger partial charge in [-0.1, -0.05) is 66.7 Å². The van der Waals surface area contributed by atoms with E-state index in [2.05, 4.69) is 15.5 Å². The number of amides is 1. The third kappa shape index (κ3) is 5.43. The summed E-state index contributed by atoms with van der Waals surface area (Å²) >= 11 is 0. The maximum Gasteiger partial charge on any atom is 0.412 e. The number of aromatic nitrogens is 2. The summed E-state index contributed by atoms with van der Waals surface area (Å²) in [4.78, 5) is 28.5. The van der Waals surface area contributed by atoms with Gasteiger partial charge < -0.3 is 14.4 Å². The van der Waals surface area contributed by atoms with Crippen LogP contribution in [0.4, 0.5) is 10.5 Å². The molecular weight excluding hydrogens is 458 g/mol. The van der Waals surface area contributed by atoms with Crippen LogP contribution in [0, 0.1) is 6.92 Å². The topological polar surface area (TPSA) is 115 Å². The van der Waals surface area contributed by atoms with Crippen LogP contribution < -0.4 is 5.32 Å². The van der Waals surface area contributed by atoms with Gasteiger partial charge in [0, 0.05) is 17.3 Å². The van der Waals surface area contributed by atoms with Crippen LogP contribution in [-0.4, -0.2) is 27.3 Å². The van der Waals surface area contributed by atoms with Gasteiger partial charge in [-0.2, -0.15) is 0 Å². The number of hydrogen-bond donors (Lipinski definition) is 2. The van der Waals surface area contributed by atoms with Crippen molar-refractivity contribution in [1.82, 2.24) is 10.1 Å². The van der Waals surface area contributed by atoms with Gasteiger partial charge in [-0.15, -0.1) is 0 Å². The molecule has 0 saturated heterocycles. The smallest absolute Gasteiger partial charge is 0.412 e. The molecular formula is C28H27N3O5. The number of aryl methyl sites for hydroxylation is 1. The summed E-state index contributed by atoms with van der Waals surface area (Å²) in [5.41, 5.74) is 4.78. The maximum absolute atomic E-state index is 12.6. The first-order valence-corrected chi connectivity index (χ1v) is 11.7.